The Morgan fingerprint density at radius 2 is 2.00 bits per heavy atom. The first-order valence-corrected chi connectivity index (χ1v) is 6.74. The van der Waals surface area contributed by atoms with Crippen LogP contribution in [0.5, 0.6) is 5.75 Å². The molecule has 0 N–H and O–H groups in total. The summed E-state index contributed by atoms with van der Waals surface area (Å²) in [5.74, 6) is 0.729. The van der Waals surface area contributed by atoms with Crippen molar-refractivity contribution in [2.24, 2.45) is 0 Å². The molecule has 0 radical (unpaired) electrons. The van der Waals surface area contributed by atoms with Gasteiger partial charge in [0.2, 0.25) is 0 Å². The van der Waals surface area contributed by atoms with Gasteiger partial charge in [-0.3, -0.25) is 9.36 Å². The molecule has 2 heterocycles. The zero-order chi connectivity index (χ0) is 14.3. The summed E-state index contributed by atoms with van der Waals surface area (Å²) in [6.45, 7) is 3.91. The quantitative estimate of drug-likeness (QED) is 0.803. The largest absolute Gasteiger partial charge is 0.483 e. The first kappa shape index (κ1) is 13.0. The van der Waals surface area contributed by atoms with Gasteiger partial charge in [-0.15, -0.1) is 0 Å². The predicted molar refractivity (Wildman–Crippen MR) is 80.2 cm³/mol. The van der Waals surface area contributed by atoms with Gasteiger partial charge >= 0.3 is 0 Å². The maximum Gasteiger partial charge on any atom is 0.255 e. The van der Waals surface area contributed by atoms with Crippen molar-refractivity contribution in [2.75, 3.05) is 0 Å². The summed E-state index contributed by atoms with van der Waals surface area (Å²) in [6.07, 6.45) is 3.69. The van der Waals surface area contributed by atoms with Crippen LogP contribution in [0.3, 0.4) is 0 Å². The Balaban J connectivity index is 2.28. The van der Waals surface area contributed by atoms with Crippen LogP contribution in [0.1, 0.15) is 19.4 Å². The highest BCUT2D eigenvalue weighted by atomic mass is 35.5. The topological polar surface area (TPSA) is 31.2 Å². The van der Waals surface area contributed by atoms with E-state index in [-0.39, 0.29) is 5.56 Å². The molecule has 2 aromatic rings. The van der Waals surface area contributed by atoms with E-state index in [0.29, 0.717) is 5.02 Å². The number of hydrogen-bond donors (Lipinski definition) is 0. The lowest BCUT2D eigenvalue weighted by Gasteiger charge is -2.31. The number of rotatable bonds is 1. The number of benzene rings is 1. The van der Waals surface area contributed by atoms with Gasteiger partial charge in [0.05, 0.1) is 5.70 Å². The number of fused-ring (bicyclic) bond motifs is 1. The van der Waals surface area contributed by atoms with Crippen molar-refractivity contribution in [1.29, 1.82) is 0 Å². The molecule has 4 heteroatoms. The summed E-state index contributed by atoms with van der Waals surface area (Å²) >= 11 is 6.07. The van der Waals surface area contributed by atoms with E-state index in [1.54, 1.807) is 22.9 Å². The van der Waals surface area contributed by atoms with Gasteiger partial charge in [-0.25, -0.2) is 0 Å². The van der Waals surface area contributed by atoms with Gasteiger partial charge in [0.15, 0.2) is 0 Å². The van der Waals surface area contributed by atoms with Crippen molar-refractivity contribution in [3.05, 3.63) is 69.6 Å². The maximum absolute atomic E-state index is 12.1. The molecule has 1 aromatic heterocycles. The third-order valence-corrected chi connectivity index (χ3v) is 3.39. The maximum atomic E-state index is 12.1. The van der Waals surface area contributed by atoms with Crippen LogP contribution >= 0.6 is 11.6 Å². The molecule has 1 aliphatic rings. The minimum absolute atomic E-state index is 0.0811. The average Bonchev–Trinajstić information content (AvgIpc) is 2.38. The van der Waals surface area contributed by atoms with E-state index < -0.39 is 5.60 Å². The number of hydrogen-bond acceptors (Lipinski definition) is 2. The minimum atomic E-state index is -0.481. The van der Waals surface area contributed by atoms with Gasteiger partial charge < -0.3 is 4.74 Å². The highest BCUT2D eigenvalue weighted by Gasteiger charge is 2.27. The van der Waals surface area contributed by atoms with Gasteiger partial charge in [-0.2, -0.15) is 0 Å². The molecule has 0 fully saturated rings. The Bertz CT molecular complexity index is 759. The van der Waals surface area contributed by atoms with Crippen LogP contribution in [0.4, 0.5) is 0 Å². The lowest BCUT2D eigenvalue weighted by molar-refractivity contribution is 0.157. The molecule has 20 heavy (non-hydrogen) atoms. The zero-order valence-corrected chi connectivity index (χ0v) is 12.0. The average molecular weight is 288 g/mol. The molecule has 0 amide bonds. The van der Waals surface area contributed by atoms with E-state index in [1.165, 1.54) is 6.07 Å². The number of nitrogens with zero attached hydrogens (tertiary/aromatic N) is 1. The second-order valence-corrected chi connectivity index (χ2v) is 5.72. The van der Waals surface area contributed by atoms with Crippen LogP contribution in [0.2, 0.25) is 5.02 Å². The summed E-state index contributed by atoms with van der Waals surface area (Å²) in [6, 6.07) is 10.5. The van der Waals surface area contributed by atoms with Gasteiger partial charge in [-0.05, 0) is 44.2 Å². The molecule has 1 aliphatic heterocycles. The highest BCUT2D eigenvalue weighted by Crippen LogP contribution is 2.37. The van der Waals surface area contributed by atoms with E-state index in [1.807, 2.05) is 38.1 Å². The molecular weight excluding hydrogens is 274 g/mol. The van der Waals surface area contributed by atoms with Crippen molar-refractivity contribution >= 4 is 17.3 Å². The van der Waals surface area contributed by atoms with Crippen molar-refractivity contribution in [2.45, 2.75) is 19.4 Å². The Morgan fingerprint density at radius 3 is 2.75 bits per heavy atom. The summed E-state index contributed by atoms with van der Waals surface area (Å²) in [5.41, 5.74) is 1.06. The van der Waals surface area contributed by atoms with Gasteiger partial charge in [0.25, 0.3) is 5.56 Å². The van der Waals surface area contributed by atoms with Crippen molar-refractivity contribution in [3.63, 3.8) is 0 Å². The molecule has 3 rings (SSSR count). The summed E-state index contributed by atoms with van der Waals surface area (Å²) in [7, 11) is 0. The fraction of sp³-hybridized carbons (Fsp3) is 0.188. The van der Waals surface area contributed by atoms with Crippen LogP contribution in [0, 0.1) is 0 Å². The second-order valence-electron chi connectivity index (χ2n) is 5.28. The van der Waals surface area contributed by atoms with E-state index >= 15 is 0 Å². The van der Waals surface area contributed by atoms with Crippen LogP contribution in [-0.4, -0.2) is 10.2 Å². The molecule has 0 bridgehead atoms. The summed E-state index contributed by atoms with van der Waals surface area (Å²) in [4.78, 5) is 12.1. The Labute approximate surface area is 122 Å². The first-order chi connectivity index (χ1) is 9.46. The van der Waals surface area contributed by atoms with E-state index in [2.05, 4.69) is 0 Å². The van der Waals surface area contributed by atoms with E-state index in [0.717, 1.165) is 17.0 Å². The standard InChI is InChI=1S/C16H14ClNO2/c1-16(2)10-13(18-8-4-3-5-15(18)19)12-9-11(17)6-7-14(12)20-16/h3-10H,1-2H3. The van der Waals surface area contributed by atoms with Crippen LogP contribution in [-0.2, 0) is 0 Å². The minimum Gasteiger partial charge on any atom is -0.483 e. The molecule has 0 aliphatic carbocycles. The molecule has 0 spiro atoms. The molecule has 1 aromatic carbocycles. The third-order valence-electron chi connectivity index (χ3n) is 3.16. The van der Waals surface area contributed by atoms with E-state index in [9.17, 15) is 4.79 Å². The Hall–Kier alpha value is -2.00. The second kappa shape index (κ2) is 4.53. The van der Waals surface area contributed by atoms with Crippen molar-refractivity contribution < 1.29 is 4.74 Å². The fourth-order valence-corrected chi connectivity index (χ4v) is 2.51. The van der Waals surface area contributed by atoms with E-state index in [4.69, 9.17) is 16.3 Å². The fourth-order valence-electron chi connectivity index (χ4n) is 2.34. The number of halogens is 1. The van der Waals surface area contributed by atoms with Crippen LogP contribution in [0.15, 0.2) is 53.5 Å². The monoisotopic (exact) mass is 287 g/mol. The molecule has 0 saturated heterocycles. The highest BCUT2D eigenvalue weighted by molar-refractivity contribution is 6.30. The molecule has 0 atom stereocenters. The van der Waals surface area contributed by atoms with Crippen molar-refractivity contribution in [1.82, 2.24) is 4.57 Å². The normalized spacial score (nSPS) is 16.1. The predicted octanol–water partition coefficient (Wildman–Crippen LogP) is 3.56. The van der Waals surface area contributed by atoms with Gasteiger partial charge in [0.1, 0.15) is 11.4 Å². The lowest BCUT2D eigenvalue weighted by Crippen LogP contribution is -2.32. The molecular formula is C16H14ClNO2. The van der Waals surface area contributed by atoms with Crippen LogP contribution < -0.4 is 10.3 Å². The molecule has 102 valence electrons. The number of ether oxygens (including phenoxy) is 1. The molecule has 3 nitrogen and oxygen atoms in total. The smallest absolute Gasteiger partial charge is 0.255 e. The summed E-state index contributed by atoms with van der Waals surface area (Å²) < 4.78 is 7.53. The zero-order valence-electron chi connectivity index (χ0n) is 11.3. The lowest BCUT2D eigenvalue weighted by atomic mass is 9.99. The molecule has 0 saturated carbocycles. The Morgan fingerprint density at radius 1 is 1.20 bits per heavy atom. The van der Waals surface area contributed by atoms with Gasteiger partial charge in [-0.1, -0.05) is 17.7 Å². The number of pyridine rings is 1. The van der Waals surface area contributed by atoms with Crippen molar-refractivity contribution in [3.8, 4) is 5.75 Å². The summed E-state index contributed by atoms with van der Waals surface area (Å²) in [5, 5.41) is 0.613. The number of aromatic nitrogens is 1. The SMILES string of the molecule is CC1(C)C=C(n2ccccc2=O)c2cc(Cl)ccc2O1. The van der Waals surface area contributed by atoms with Crippen LogP contribution in [0.25, 0.3) is 5.70 Å². The molecule has 0 unspecified atom stereocenters. The first-order valence-electron chi connectivity index (χ1n) is 6.36. The van der Waals surface area contributed by atoms with Gasteiger partial charge in [0, 0.05) is 22.8 Å². The third kappa shape index (κ3) is 2.25. The Kier molecular flexibility index (Phi) is 2.94.